The van der Waals surface area contributed by atoms with E-state index in [1.807, 2.05) is 0 Å². The second kappa shape index (κ2) is 9.53. The van der Waals surface area contributed by atoms with E-state index in [0.717, 1.165) is 12.1 Å². The lowest BCUT2D eigenvalue weighted by molar-refractivity contribution is -0.274. The molecule has 10 heteroatoms. The van der Waals surface area contributed by atoms with Crippen molar-refractivity contribution in [2.24, 2.45) is 0 Å². The smallest absolute Gasteiger partial charge is 0.494 e. The van der Waals surface area contributed by atoms with Crippen molar-refractivity contribution in [3.8, 4) is 22.6 Å². The Morgan fingerprint density at radius 1 is 0.909 bits per heavy atom. The number of carboxylic acid groups (broad SMARTS) is 1. The highest BCUT2D eigenvalue weighted by molar-refractivity contribution is 7.91. The molecule has 0 saturated heterocycles. The van der Waals surface area contributed by atoms with Crippen molar-refractivity contribution in [3.05, 3.63) is 72.3 Å². The molecule has 0 radical (unpaired) electrons. The second-order valence-electron chi connectivity index (χ2n) is 6.92. The summed E-state index contributed by atoms with van der Waals surface area (Å²) in [7, 11) is -4.05. The number of benzene rings is 3. The lowest BCUT2D eigenvalue weighted by Gasteiger charge is -2.12. The van der Waals surface area contributed by atoms with Gasteiger partial charge in [-0.3, -0.25) is 4.79 Å². The van der Waals surface area contributed by atoms with Crippen LogP contribution in [-0.2, 0) is 21.1 Å². The number of alkyl halides is 3. The lowest BCUT2D eigenvalue weighted by Crippen LogP contribution is -2.16. The highest BCUT2D eigenvalue weighted by atomic mass is 32.2. The Balaban J connectivity index is 1.98. The van der Waals surface area contributed by atoms with E-state index in [9.17, 15) is 26.4 Å². The summed E-state index contributed by atoms with van der Waals surface area (Å²) >= 11 is 0. The molecular formula is C23H19F3O6S. The first kappa shape index (κ1) is 24.1. The van der Waals surface area contributed by atoms with Gasteiger partial charge in [0.05, 0.1) is 22.8 Å². The fourth-order valence-electron chi connectivity index (χ4n) is 3.14. The molecular weight excluding hydrogens is 461 g/mol. The van der Waals surface area contributed by atoms with Crippen molar-refractivity contribution < 1.29 is 41.0 Å². The van der Waals surface area contributed by atoms with Gasteiger partial charge in [-0.05, 0) is 66.1 Å². The summed E-state index contributed by atoms with van der Waals surface area (Å²) in [5, 5.41) is 9.08. The quantitative estimate of drug-likeness (QED) is 0.482. The second-order valence-corrected chi connectivity index (χ2v) is 8.87. The van der Waals surface area contributed by atoms with Gasteiger partial charge in [0.2, 0.25) is 9.84 Å². The maximum Gasteiger partial charge on any atom is 0.573 e. The van der Waals surface area contributed by atoms with E-state index in [-0.39, 0.29) is 34.1 Å². The highest BCUT2D eigenvalue weighted by Gasteiger charge is 2.31. The number of aliphatic carboxylic acids is 1. The summed E-state index contributed by atoms with van der Waals surface area (Å²) in [6.07, 6.45) is -5.19. The van der Waals surface area contributed by atoms with Gasteiger partial charge in [0, 0.05) is 0 Å². The Bertz CT molecular complexity index is 1250. The zero-order valence-electron chi connectivity index (χ0n) is 17.3. The van der Waals surface area contributed by atoms with E-state index in [1.54, 1.807) is 13.0 Å². The molecule has 0 spiro atoms. The molecule has 0 fully saturated rings. The molecule has 1 N–H and O–H groups in total. The first-order valence-electron chi connectivity index (χ1n) is 9.68. The average molecular weight is 480 g/mol. The Labute approximate surface area is 188 Å². The average Bonchev–Trinajstić information content (AvgIpc) is 2.73. The van der Waals surface area contributed by atoms with Crippen molar-refractivity contribution in [2.75, 3.05) is 6.61 Å². The number of carbonyl (C=O) groups is 1. The molecule has 0 amide bonds. The minimum absolute atomic E-state index is 0.0643. The third-order valence-electron chi connectivity index (χ3n) is 4.48. The van der Waals surface area contributed by atoms with Crippen LogP contribution < -0.4 is 9.47 Å². The first-order chi connectivity index (χ1) is 15.5. The molecule has 3 aromatic rings. The molecule has 0 unspecified atom stereocenters. The normalized spacial score (nSPS) is 11.8. The van der Waals surface area contributed by atoms with Gasteiger partial charge in [-0.2, -0.15) is 0 Å². The zero-order chi connectivity index (χ0) is 24.2. The SMILES string of the molecule is CCOc1cc(CC(=O)O)cc(S(=O)(=O)c2cccc(-c3ccc(OC(F)(F)F)cc3)c2)c1. The minimum Gasteiger partial charge on any atom is -0.494 e. The summed E-state index contributed by atoms with van der Waals surface area (Å²) in [4.78, 5) is 10.9. The number of halogens is 3. The van der Waals surface area contributed by atoms with Gasteiger partial charge in [0.15, 0.2) is 0 Å². The van der Waals surface area contributed by atoms with E-state index in [2.05, 4.69) is 4.74 Å². The number of rotatable bonds is 8. The molecule has 0 atom stereocenters. The Morgan fingerprint density at radius 2 is 1.61 bits per heavy atom. The Kier molecular flexibility index (Phi) is 6.97. The molecule has 0 aliphatic carbocycles. The van der Waals surface area contributed by atoms with Crippen LogP contribution in [0.15, 0.2) is 76.5 Å². The molecule has 0 aromatic heterocycles. The van der Waals surface area contributed by atoms with E-state index in [0.29, 0.717) is 11.1 Å². The van der Waals surface area contributed by atoms with Crippen molar-refractivity contribution in [2.45, 2.75) is 29.5 Å². The predicted octanol–water partition coefficient (Wildman–Crippen LogP) is 5.11. The van der Waals surface area contributed by atoms with Gasteiger partial charge in [0.1, 0.15) is 11.5 Å². The summed E-state index contributed by atoms with van der Waals surface area (Å²) < 4.78 is 72.9. The van der Waals surface area contributed by atoms with Crippen LogP contribution in [-0.4, -0.2) is 32.5 Å². The number of sulfone groups is 1. The fourth-order valence-corrected chi connectivity index (χ4v) is 4.53. The van der Waals surface area contributed by atoms with Crippen LogP contribution in [0.4, 0.5) is 13.2 Å². The van der Waals surface area contributed by atoms with Gasteiger partial charge >= 0.3 is 12.3 Å². The standard InChI is InChI=1S/C23H19F3O6S/c1-2-31-19-10-15(12-22(27)28)11-21(14-19)33(29,30)20-5-3-4-17(13-20)16-6-8-18(9-7-16)32-23(24,25)26/h3-11,13-14H,2,12H2,1H3,(H,27,28). The molecule has 0 heterocycles. The Hall–Kier alpha value is -3.53. The van der Waals surface area contributed by atoms with Gasteiger partial charge in [0.25, 0.3) is 0 Å². The van der Waals surface area contributed by atoms with E-state index in [1.165, 1.54) is 48.5 Å². The molecule has 174 valence electrons. The minimum atomic E-state index is -4.81. The molecule has 33 heavy (non-hydrogen) atoms. The number of hydrogen-bond donors (Lipinski definition) is 1. The van der Waals surface area contributed by atoms with E-state index < -0.39 is 27.9 Å². The maximum absolute atomic E-state index is 13.3. The first-order valence-corrected chi connectivity index (χ1v) is 11.2. The summed E-state index contributed by atoms with van der Waals surface area (Å²) in [5.41, 5.74) is 1.21. The van der Waals surface area contributed by atoms with Gasteiger partial charge in [-0.15, -0.1) is 13.2 Å². The van der Waals surface area contributed by atoms with Crippen LogP contribution >= 0.6 is 0 Å². The van der Waals surface area contributed by atoms with E-state index in [4.69, 9.17) is 9.84 Å². The monoisotopic (exact) mass is 480 g/mol. The summed E-state index contributed by atoms with van der Waals surface area (Å²) in [6, 6.07) is 15.0. The van der Waals surface area contributed by atoms with Gasteiger partial charge < -0.3 is 14.6 Å². The highest BCUT2D eigenvalue weighted by Crippen LogP contribution is 2.31. The van der Waals surface area contributed by atoms with Crippen LogP contribution in [0.5, 0.6) is 11.5 Å². The van der Waals surface area contributed by atoms with Crippen LogP contribution in [0.25, 0.3) is 11.1 Å². The van der Waals surface area contributed by atoms with Crippen molar-refractivity contribution >= 4 is 15.8 Å². The van der Waals surface area contributed by atoms with Crippen molar-refractivity contribution in [3.63, 3.8) is 0 Å². The molecule has 0 saturated carbocycles. The van der Waals surface area contributed by atoms with Gasteiger partial charge in [-0.1, -0.05) is 24.3 Å². The molecule has 6 nitrogen and oxygen atoms in total. The fraction of sp³-hybridized carbons (Fsp3) is 0.174. The third kappa shape index (κ3) is 6.26. The molecule has 0 bridgehead atoms. The molecule has 0 aliphatic heterocycles. The van der Waals surface area contributed by atoms with Crippen molar-refractivity contribution in [1.82, 2.24) is 0 Å². The summed E-state index contributed by atoms with van der Waals surface area (Å²) in [6.45, 7) is 1.98. The number of hydrogen-bond acceptors (Lipinski definition) is 5. The topological polar surface area (TPSA) is 89.9 Å². The predicted molar refractivity (Wildman–Crippen MR) is 113 cm³/mol. The Morgan fingerprint density at radius 3 is 2.21 bits per heavy atom. The molecule has 3 aromatic carbocycles. The lowest BCUT2D eigenvalue weighted by atomic mass is 10.1. The van der Waals surface area contributed by atoms with Crippen LogP contribution in [0.3, 0.4) is 0 Å². The number of ether oxygens (including phenoxy) is 2. The van der Waals surface area contributed by atoms with Crippen LogP contribution in [0.1, 0.15) is 12.5 Å². The van der Waals surface area contributed by atoms with Crippen LogP contribution in [0.2, 0.25) is 0 Å². The van der Waals surface area contributed by atoms with Crippen molar-refractivity contribution in [1.29, 1.82) is 0 Å². The third-order valence-corrected chi connectivity index (χ3v) is 6.21. The molecule has 0 aliphatic rings. The van der Waals surface area contributed by atoms with Crippen LogP contribution in [0, 0.1) is 0 Å². The van der Waals surface area contributed by atoms with Gasteiger partial charge in [-0.25, -0.2) is 8.42 Å². The largest absolute Gasteiger partial charge is 0.573 e. The van der Waals surface area contributed by atoms with E-state index >= 15 is 0 Å². The summed E-state index contributed by atoms with van der Waals surface area (Å²) in [5.74, 6) is -1.29. The molecule has 3 rings (SSSR count). The zero-order valence-corrected chi connectivity index (χ0v) is 18.1. The number of carboxylic acids is 1. The maximum atomic E-state index is 13.3.